The van der Waals surface area contributed by atoms with Crippen LogP contribution in [0.4, 0.5) is 0 Å². The lowest BCUT2D eigenvalue weighted by Crippen LogP contribution is -2.14. The number of aromatic nitrogens is 2. The van der Waals surface area contributed by atoms with Gasteiger partial charge in [-0.25, -0.2) is 0 Å². The molecule has 0 aliphatic rings. The van der Waals surface area contributed by atoms with Gasteiger partial charge in [-0.1, -0.05) is 33.2 Å². The Morgan fingerprint density at radius 3 is 2.72 bits per heavy atom. The van der Waals surface area contributed by atoms with Gasteiger partial charge in [0.1, 0.15) is 6.10 Å². The first kappa shape index (κ1) is 13.2. The van der Waals surface area contributed by atoms with Crippen molar-refractivity contribution in [1.29, 1.82) is 0 Å². The fourth-order valence-electron chi connectivity index (χ4n) is 1.55. The highest BCUT2D eigenvalue weighted by Gasteiger charge is 2.16. The molecule has 0 aliphatic carbocycles. The van der Waals surface area contributed by atoms with Crippen LogP contribution in [0.5, 0.6) is 0 Å². The van der Waals surface area contributed by atoms with Gasteiger partial charge in [-0.15, -0.1) is 0 Å². The van der Waals surface area contributed by atoms with Gasteiger partial charge in [-0.05, 0) is 17.7 Å². The largest absolute Gasteiger partial charge is 0.370 e. The van der Waals surface area contributed by atoms with Crippen LogP contribution in [0.25, 0.3) is 0 Å². The smallest absolute Gasteiger partial charge is 0.257 e. The molecule has 1 unspecified atom stereocenters. The Morgan fingerprint density at radius 1 is 1.39 bits per heavy atom. The summed E-state index contributed by atoms with van der Waals surface area (Å²) in [6, 6.07) is 7.98. The summed E-state index contributed by atoms with van der Waals surface area (Å²) in [6.45, 7) is 0.316. The molecule has 0 radical (unpaired) electrons. The number of hydrogen-bond donors (Lipinski definition) is 1. The average molecular weight is 312 g/mol. The molecule has 1 aromatic carbocycles. The number of nitrogens with zero attached hydrogens (tertiary/aromatic N) is 2. The van der Waals surface area contributed by atoms with E-state index in [2.05, 4.69) is 26.1 Å². The highest BCUT2D eigenvalue weighted by Crippen LogP contribution is 2.16. The molecule has 0 fully saturated rings. The van der Waals surface area contributed by atoms with Crippen molar-refractivity contribution >= 4 is 15.9 Å². The topological polar surface area (TPSA) is 74.2 Å². The Balaban J connectivity index is 2.08. The van der Waals surface area contributed by atoms with E-state index in [1.54, 1.807) is 7.11 Å². The van der Waals surface area contributed by atoms with Crippen LogP contribution in [0.1, 0.15) is 23.4 Å². The van der Waals surface area contributed by atoms with Gasteiger partial charge < -0.3 is 15.0 Å². The van der Waals surface area contributed by atoms with E-state index in [0.29, 0.717) is 24.7 Å². The van der Waals surface area contributed by atoms with Crippen LogP contribution in [0.15, 0.2) is 33.3 Å². The fraction of sp³-hybridized carbons (Fsp3) is 0.333. The van der Waals surface area contributed by atoms with Crippen molar-refractivity contribution in [2.75, 3.05) is 13.7 Å². The maximum absolute atomic E-state index is 5.54. The zero-order valence-electron chi connectivity index (χ0n) is 9.97. The molecule has 0 amide bonds. The molecule has 0 aliphatic heterocycles. The highest BCUT2D eigenvalue weighted by molar-refractivity contribution is 9.10. The predicted molar refractivity (Wildman–Crippen MR) is 70.1 cm³/mol. The second kappa shape index (κ2) is 6.08. The van der Waals surface area contributed by atoms with Crippen molar-refractivity contribution in [1.82, 2.24) is 10.1 Å². The van der Waals surface area contributed by atoms with E-state index >= 15 is 0 Å². The Labute approximate surface area is 113 Å². The van der Waals surface area contributed by atoms with Crippen molar-refractivity contribution in [2.45, 2.75) is 12.5 Å². The first-order valence-electron chi connectivity index (χ1n) is 5.52. The summed E-state index contributed by atoms with van der Waals surface area (Å²) < 4.78 is 11.3. The lowest BCUT2D eigenvalue weighted by atomic mass is 10.1. The Hall–Kier alpha value is -1.24. The number of hydrogen-bond acceptors (Lipinski definition) is 5. The molecular formula is C12H14BrN3O2. The molecule has 96 valence electrons. The summed E-state index contributed by atoms with van der Waals surface area (Å²) in [4.78, 5) is 4.28. The lowest BCUT2D eigenvalue weighted by Gasteiger charge is -2.05. The number of ether oxygens (including phenoxy) is 1. The summed E-state index contributed by atoms with van der Waals surface area (Å²) in [7, 11) is 1.57. The van der Waals surface area contributed by atoms with Gasteiger partial charge in [0.15, 0.2) is 5.82 Å². The second-order valence-electron chi connectivity index (χ2n) is 3.81. The molecule has 2 rings (SSSR count). The SMILES string of the molecule is COC(CN)c1nc(Cc2ccc(Br)cc2)no1. The Morgan fingerprint density at radius 2 is 2.11 bits per heavy atom. The standard InChI is InChI=1S/C12H14BrN3O2/c1-17-10(7-14)12-15-11(16-18-12)6-8-2-4-9(13)5-3-8/h2-5,10H,6-7,14H2,1H3. The molecule has 0 saturated heterocycles. The van der Waals surface area contributed by atoms with E-state index in [0.717, 1.165) is 10.0 Å². The Kier molecular flexibility index (Phi) is 4.46. The second-order valence-corrected chi connectivity index (χ2v) is 4.73. The van der Waals surface area contributed by atoms with E-state index < -0.39 is 0 Å². The zero-order valence-corrected chi connectivity index (χ0v) is 11.6. The van der Waals surface area contributed by atoms with Crippen molar-refractivity contribution in [3.8, 4) is 0 Å². The van der Waals surface area contributed by atoms with Crippen molar-refractivity contribution in [3.63, 3.8) is 0 Å². The summed E-state index contributed by atoms with van der Waals surface area (Å²) in [5.41, 5.74) is 6.65. The van der Waals surface area contributed by atoms with Crippen molar-refractivity contribution in [3.05, 3.63) is 46.0 Å². The van der Waals surface area contributed by atoms with E-state index in [1.807, 2.05) is 24.3 Å². The van der Waals surface area contributed by atoms with Crippen LogP contribution in [-0.4, -0.2) is 23.8 Å². The summed E-state index contributed by atoms with van der Waals surface area (Å²) in [6.07, 6.45) is 0.286. The number of rotatable bonds is 5. The molecule has 5 nitrogen and oxygen atoms in total. The molecule has 0 bridgehead atoms. The van der Waals surface area contributed by atoms with Crippen LogP contribution >= 0.6 is 15.9 Å². The number of benzene rings is 1. The first-order chi connectivity index (χ1) is 8.72. The van der Waals surface area contributed by atoms with Gasteiger partial charge in [-0.3, -0.25) is 0 Å². The monoisotopic (exact) mass is 311 g/mol. The van der Waals surface area contributed by atoms with Crippen molar-refractivity contribution in [2.24, 2.45) is 5.73 Å². The van der Waals surface area contributed by atoms with Crippen LogP contribution in [0.3, 0.4) is 0 Å². The molecule has 2 N–H and O–H groups in total. The van der Waals surface area contributed by atoms with Crippen molar-refractivity contribution < 1.29 is 9.26 Å². The summed E-state index contributed by atoms with van der Waals surface area (Å²) in [5.74, 6) is 1.05. The third-order valence-electron chi connectivity index (χ3n) is 2.53. The summed E-state index contributed by atoms with van der Waals surface area (Å²) in [5, 5.41) is 3.92. The average Bonchev–Trinajstić information content (AvgIpc) is 2.82. The maximum Gasteiger partial charge on any atom is 0.257 e. The third-order valence-corrected chi connectivity index (χ3v) is 3.06. The molecule has 2 aromatic rings. The molecule has 6 heteroatoms. The van der Waals surface area contributed by atoms with Gasteiger partial charge >= 0.3 is 0 Å². The molecule has 0 spiro atoms. The lowest BCUT2D eigenvalue weighted by molar-refractivity contribution is 0.0804. The summed E-state index contributed by atoms with van der Waals surface area (Å²) >= 11 is 3.39. The Bertz CT molecular complexity index is 494. The van der Waals surface area contributed by atoms with Gasteiger partial charge in [-0.2, -0.15) is 4.98 Å². The number of nitrogens with two attached hydrogens (primary N) is 1. The molecule has 1 heterocycles. The minimum atomic E-state index is -0.337. The molecule has 18 heavy (non-hydrogen) atoms. The van der Waals surface area contributed by atoms with Crippen LogP contribution in [0, 0.1) is 0 Å². The molecule has 1 aromatic heterocycles. The van der Waals surface area contributed by atoms with Gasteiger partial charge in [0.25, 0.3) is 5.89 Å². The zero-order chi connectivity index (χ0) is 13.0. The molecule has 0 saturated carbocycles. The van der Waals surface area contributed by atoms with E-state index in [-0.39, 0.29) is 6.10 Å². The van der Waals surface area contributed by atoms with Crippen LogP contribution < -0.4 is 5.73 Å². The number of halogens is 1. The predicted octanol–water partition coefficient (Wildman–Crippen LogP) is 2.07. The highest BCUT2D eigenvalue weighted by atomic mass is 79.9. The van der Waals surface area contributed by atoms with E-state index in [1.165, 1.54) is 0 Å². The normalized spacial score (nSPS) is 12.6. The van der Waals surface area contributed by atoms with Gasteiger partial charge in [0.2, 0.25) is 0 Å². The maximum atomic E-state index is 5.54. The van der Waals surface area contributed by atoms with Gasteiger partial charge in [0.05, 0.1) is 0 Å². The van der Waals surface area contributed by atoms with Gasteiger partial charge in [0, 0.05) is 24.5 Å². The van der Waals surface area contributed by atoms with Crippen LogP contribution in [0.2, 0.25) is 0 Å². The number of methoxy groups -OCH3 is 1. The molecule has 1 atom stereocenters. The van der Waals surface area contributed by atoms with E-state index in [9.17, 15) is 0 Å². The van der Waals surface area contributed by atoms with Crippen LogP contribution in [-0.2, 0) is 11.2 Å². The fourth-order valence-corrected chi connectivity index (χ4v) is 1.82. The minimum Gasteiger partial charge on any atom is -0.370 e. The van der Waals surface area contributed by atoms with E-state index in [4.69, 9.17) is 15.0 Å². The minimum absolute atomic E-state index is 0.316. The quantitative estimate of drug-likeness (QED) is 0.915. The molecular weight excluding hydrogens is 298 g/mol. The third kappa shape index (κ3) is 3.16. The first-order valence-corrected chi connectivity index (χ1v) is 6.32.